The van der Waals surface area contributed by atoms with E-state index in [-0.39, 0.29) is 5.41 Å². The fourth-order valence-electron chi connectivity index (χ4n) is 8.27. The standard InChI is InChI=1S/C43H30N2/c1-43(2)35-18-9-6-15-29(35)34-25-27-23-24-31-30-16-7-10-19-37(30)45(42(31)33(27)26-36(34)43)40-22-12-21-39-41(40)32-17-8-11-20-38(32)44(39)28-13-4-3-5-14-28/h3-26H,1-2H3. The summed E-state index contributed by atoms with van der Waals surface area (Å²) in [4.78, 5) is 0. The monoisotopic (exact) mass is 574 g/mol. The van der Waals surface area contributed by atoms with E-state index in [0.29, 0.717) is 0 Å². The van der Waals surface area contributed by atoms with Crippen molar-refractivity contribution in [2.75, 3.05) is 0 Å². The first kappa shape index (κ1) is 24.8. The fourth-order valence-corrected chi connectivity index (χ4v) is 8.27. The molecule has 0 aliphatic heterocycles. The smallest absolute Gasteiger partial charge is 0.0619 e. The maximum Gasteiger partial charge on any atom is 0.0619 e. The minimum atomic E-state index is -0.0672. The molecule has 0 amide bonds. The Balaban J connectivity index is 1.38. The summed E-state index contributed by atoms with van der Waals surface area (Å²) in [5.74, 6) is 0. The second-order valence-corrected chi connectivity index (χ2v) is 13.0. The fraction of sp³-hybridized carbons (Fsp3) is 0.0698. The van der Waals surface area contributed by atoms with Crippen LogP contribution in [0.1, 0.15) is 25.0 Å². The predicted molar refractivity (Wildman–Crippen MR) is 190 cm³/mol. The Morgan fingerprint density at radius 3 is 1.98 bits per heavy atom. The molecular formula is C43H30N2. The highest BCUT2D eigenvalue weighted by Crippen LogP contribution is 2.51. The molecule has 0 atom stereocenters. The van der Waals surface area contributed by atoms with Crippen LogP contribution in [0, 0.1) is 0 Å². The third-order valence-corrected chi connectivity index (χ3v) is 10.3. The first-order valence-corrected chi connectivity index (χ1v) is 15.8. The molecule has 2 heterocycles. The van der Waals surface area contributed by atoms with Crippen LogP contribution in [0.15, 0.2) is 146 Å². The molecule has 9 aromatic rings. The topological polar surface area (TPSA) is 9.86 Å². The summed E-state index contributed by atoms with van der Waals surface area (Å²) in [6.45, 7) is 4.75. The zero-order valence-electron chi connectivity index (χ0n) is 25.3. The van der Waals surface area contributed by atoms with Gasteiger partial charge in [0.1, 0.15) is 0 Å². The lowest BCUT2D eigenvalue weighted by Crippen LogP contribution is -2.14. The van der Waals surface area contributed by atoms with Crippen LogP contribution < -0.4 is 0 Å². The maximum atomic E-state index is 2.54. The van der Waals surface area contributed by atoms with Gasteiger partial charge in [0.15, 0.2) is 0 Å². The first-order valence-electron chi connectivity index (χ1n) is 15.8. The van der Waals surface area contributed by atoms with Crippen LogP contribution in [-0.4, -0.2) is 9.13 Å². The number of rotatable bonds is 2. The van der Waals surface area contributed by atoms with E-state index in [1.54, 1.807) is 0 Å². The molecule has 2 aromatic heterocycles. The number of hydrogen-bond donors (Lipinski definition) is 0. The lowest BCUT2D eigenvalue weighted by atomic mass is 9.82. The van der Waals surface area contributed by atoms with E-state index in [4.69, 9.17) is 0 Å². The molecule has 0 bridgehead atoms. The number of nitrogens with zero attached hydrogens (tertiary/aromatic N) is 2. The zero-order valence-corrected chi connectivity index (χ0v) is 25.3. The molecule has 0 saturated carbocycles. The Kier molecular flexibility index (Phi) is 4.82. The third kappa shape index (κ3) is 3.18. The molecule has 1 aliphatic rings. The van der Waals surface area contributed by atoms with Gasteiger partial charge in [-0.1, -0.05) is 111 Å². The van der Waals surface area contributed by atoms with Crippen molar-refractivity contribution in [1.29, 1.82) is 0 Å². The normalized spacial score (nSPS) is 13.7. The van der Waals surface area contributed by atoms with Crippen LogP contribution in [0.25, 0.3) is 76.9 Å². The highest BCUT2D eigenvalue weighted by atomic mass is 15.0. The second-order valence-electron chi connectivity index (χ2n) is 13.0. The van der Waals surface area contributed by atoms with Crippen molar-refractivity contribution in [2.24, 2.45) is 0 Å². The molecule has 212 valence electrons. The van der Waals surface area contributed by atoms with Gasteiger partial charge in [-0.05, 0) is 76.2 Å². The average Bonchev–Trinajstić information content (AvgIpc) is 3.68. The molecule has 0 spiro atoms. The Hall–Kier alpha value is -5.60. The summed E-state index contributed by atoms with van der Waals surface area (Å²) < 4.78 is 4.95. The van der Waals surface area contributed by atoms with E-state index >= 15 is 0 Å². The van der Waals surface area contributed by atoms with Crippen LogP contribution in [0.4, 0.5) is 0 Å². The molecule has 0 radical (unpaired) electrons. The molecule has 10 rings (SSSR count). The summed E-state index contributed by atoms with van der Waals surface area (Å²) in [6, 6.07) is 53.8. The molecule has 2 heteroatoms. The van der Waals surface area contributed by atoms with Crippen LogP contribution >= 0.6 is 0 Å². The predicted octanol–water partition coefficient (Wildman–Crippen LogP) is 11.3. The lowest BCUT2D eigenvalue weighted by molar-refractivity contribution is 0.661. The van der Waals surface area contributed by atoms with Crippen LogP contribution in [0.5, 0.6) is 0 Å². The van der Waals surface area contributed by atoms with Crippen molar-refractivity contribution in [3.8, 4) is 22.5 Å². The van der Waals surface area contributed by atoms with E-state index in [1.807, 2.05) is 0 Å². The van der Waals surface area contributed by atoms with Gasteiger partial charge < -0.3 is 9.13 Å². The number of aromatic nitrogens is 2. The second kappa shape index (κ2) is 8.74. The summed E-state index contributed by atoms with van der Waals surface area (Å²) in [5.41, 5.74) is 12.8. The summed E-state index contributed by atoms with van der Waals surface area (Å²) in [7, 11) is 0. The largest absolute Gasteiger partial charge is 0.309 e. The number of fused-ring (bicyclic) bond motifs is 11. The molecule has 45 heavy (non-hydrogen) atoms. The number of para-hydroxylation sites is 3. The molecule has 1 aliphatic carbocycles. The Morgan fingerprint density at radius 2 is 1.13 bits per heavy atom. The highest BCUT2D eigenvalue weighted by Gasteiger charge is 2.35. The minimum absolute atomic E-state index is 0.0672. The SMILES string of the molecule is CC1(C)c2ccccc2-c2cc3ccc4c5ccccc5n(-c5cccc6c5c5ccccc5n6-c5ccccc5)c4c3cc21. The number of hydrogen-bond acceptors (Lipinski definition) is 0. The molecule has 0 unspecified atom stereocenters. The van der Waals surface area contributed by atoms with E-state index in [9.17, 15) is 0 Å². The van der Waals surface area contributed by atoms with Crippen LogP contribution in [-0.2, 0) is 5.41 Å². The van der Waals surface area contributed by atoms with Gasteiger partial charge in [0, 0.05) is 38.0 Å². The minimum Gasteiger partial charge on any atom is -0.309 e. The van der Waals surface area contributed by atoms with Crippen molar-refractivity contribution >= 4 is 54.4 Å². The van der Waals surface area contributed by atoms with Crippen molar-refractivity contribution < 1.29 is 0 Å². The molecule has 0 saturated heterocycles. The van der Waals surface area contributed by atoms with Crippen molar-refractivity contribution in [3.63, 3.8) is 0 Å². The molecule has 0 fully saturated rings. The van der Waals surface area contributed by atoms with Gasteiger partial charge in [-0.3, -0.25) is 0 Å². The molecule has 0 N–H and O–H groups in total. The zero-order chi connectivity index (χ0) is 29.9. The third-order valence-electron chi connectivity index (χ3n) is 10.3. The van der Waals surface area contributed by atoms with E-state index < -0.39 is 0 Å². The van der Waals surface area contributed by atoms with Crippen molar-refractivity contribution in [3.05, 3.63) is 157 Å². The van der Waals surface area contributed by atoms with Gasteiger partial charge in [-0.2, -0.15) is 0 Å². The summed E-state index contributed by atoms with van der Waals surface area (Å²) in [6.07, 6.45) is 0. The first-order chi connectivity index (χ1) is 22.1. The Morgan fingerprint density at radius 1 is 0.444 bits per heavy atom. The van der Waals surface area contributed by atoms with Gasteiger partial charge in [0.2, 0.25) is 0 Å². The molecular weight excluding hydrogens is 544 g/mol. The van der Waals surface area contributed by atoms with Gasteiger partial charge >= 0.3 is 0 Å². The number of benzene rings is 7. The van der Waals surface area contributed by atoms with Crippen LogP contribution in [0.2, 0.25) is 0 Å². The summed E-state index contributed by atoms with van der Waals surface area (Å²) >= 11 is 0. The van der Waals surface area contributed by atoms with E-state index in [2.05, 4.69) is 169 Å². The van der Waals surface area contributed by atoms with Gasteiger partial charge in [0.05, 0.1) is 27.8 Å². The Bertz CT molecular complexity index is 2670. The average molecular weight is 575 g/mol. The van der Waals surface area contributed by atoms with Gasteiger partial charge in [-0.25, -0.2) is 0 Å². The van der Waals surface area contributed by atoms with Gasteiger partial charge in [-0.15, -0.1) is 0 Å². The molecule has 2 nitrogen and oxygen atoms in total. The van der Waals surface area contributed by atoms with Gasteiger partial charge in [0.25, 0.3) is 0 Å². The van der Waals surface area contributed by atoms with Crippen molar-refractivity contribution in [1.82, 2.24) is 9.13 Å². The maximum absolute atomic E-state index is 2.54. The summed E-state index contributed by atoms with van der Waals surface area (Å²) in [5, 5.41) is 7.67. The lowest BCUT2D eigenvalue weighted by Gasteiger charge is -2.22. The quantitative estimate of drug-likeness (QED) is 0.194. The van der Waals surface area contributed by atoms with Crippen LogP contribution in [0.3, 0.4) is 0 Å². The van der Waals surface area contributed by atoms with E-state index in [1.165, 1.54) is 88.0 Å². The Labute approximate surface area is 261 Å². The molecule has 7 aromatic carbocycles. The van der Waals surface area contributed by atoms with Crippen molar-refractivity contribution in [2.45, 2.75) is 19.3 Å². The highest BCUT2D eigenvalue weighted by molar-refractivity contribution is 6.21. The van der Waals surface area contributed by atoms with E-state index in [0.717, 1.165) is 0 Å².